The number of rotatable bonds is 4. The number of H-pyrrole nitrogens is 1. The van der Waals surface area contributed by atoms with Gasteiger partial charge in [-0.2, -0.15) is 0 Å². The average Bonchev–Trinajstić information content (AvgIpc) is 2.62. The SMILES string of the molecule is CCOC(C)Cc1c[nH]c2ccccc12. The monoisotopic (exact) mass is 203 g/mol. The zero-order valence-electron chi connectivity index (χ0n) is 9.29. The fraction of sp³-hybridized carbons (Fsp3) is 0.385. The van der Waals surface area contributed by atoms with Gasteiger partial charge in [-0.25, -0.2) is 0 Å². The van der Waals surface area contributed by atoms with Crippen molar-refractivity contribution >= 4 is 10.9 Å². The number of nitrogens with one attached hydrogen (secondary N) is 1. The minimum absolute atomic E-state index is 0.286. The van der Waals surface area contributed by atoms with Gasteiger partial charge in [-0.1, -0.05) is 18.2 Å². The Morgan fingerprint density at radius 3 is 2.93 bits per heavy atom. The van der Waals surface area contributed by atoms with Gasteiger partial charge in [-0.3, -0.25) is 0 Å². The van der Waals surface area contributed by atoms with Gasteiger partial charge in [-0.05, 0) is 25.5 Å². The predicted octanol–water partition coefficient (Wildman–Crippen LogP) is 3.14. The van der Waals surface area contributed by atoms with Crippen LogP contribution in [0.25, 0.3) is 10.9 Å². The minimum Gasteiger partial charge on any atom is -0.378 e. The molecule has 1 aromatic carbocycles. The normalized spacial score (nSPS) is 13.2. The van der Waals surface area contributed by atoms with Crippen LogP contribution in [0.4, 0.5) is 0 Å². The van der Waals surface area contributed by atoms with Crippen LogP contribution in [0.2, 0.25) is 0 Å². The van der Waals surface area contributed by atoms with E-state index in [9.17, 15) is 0 Å². The molecule has 1 heterocycles. The maximum atomic E-state index is 5.55. The molecule has 2 heteroatoms. The molecule has 0 saturated heterocycles. The van der Waals surface area contributed by atoms with Crippen LogP contribution in [0.3, 0.4) is 0 Å². The summed E-state index contributed by atoms with van der Waals surface area (Å²) in [5, 5.41) is 1.31. The summed E-state index contributed by atoms with van der Waals surface area (Å²) in [4.78, 5) is 3.28. The number of para-hydroxylation sites is 1. The lowest BCUT2D eigenvalue weighted by atomic mass is 10.1. The van der Waals surface area contributed by atoms with Gasteiger partial charge in [0.2, 0.25) is 0 Å². The molecule has 2 nitrogen and oxygen atoms in total. The van der Waals surface area contributed by atoms with E-state index in [0.717, 1.165) is 13.0 Å². The summed E-state index contributed by atoms with van der Waals surface area (Å²) in [6.07, 6.45) is 3.34. The van der Waals surface area contributed by atoms with E-state index < -0.39 is 0 Å². The second-order valence-electron chi connectivity index (χ2n) is 3.83. The maximum Gasteiger partial charge on any atom is 0.0587 e. The van der Waals surface area contributed by atoms with Crippen molar-refractivity contribution in [2.75, 3.05) is 6.61 Å². The highest BCUT2D eigenvalue weighted by atomic mass is 16.5. The maximum absolute atomic E-state index is 5.55. The van der Waals surface area contributed by atoms with E-state index in [0.29, 0.717) is 0 Å². The third kappa shape index (κ3) is 2.21. The zero-order valence-corrected chi connectivity index (χ0v) is 9.29. The topological polar surface area (TPSA) is 25.0 Å². The van der Waals surface area contributed by atoms with Crippen LogP contribution in [0.5, 0.6) is 0 Å². The molecule has 0 aliphatic rings. The average molecular weight is 203 g/mol. The van der Waals surface area contributed by atoms with Crippen molar-refractivity contribution in [1.29, 1.82) is 0 Å². The summed E-state index contributed by atoms with van der Waals surface area (Å²) in [6, 6.07) is 8.38. The lowest BCUT2D eigenvalue weighted by Gasteiger charge is -2.10. The second kappa shape index (κ2) is 4.49. The van der Waals surface area contributed by atoms with Crippen LogP contribution in [-0.4, -0.2) is 17.7 Å². The van der Waals surface area contributed by atoms with Crippen molar-refractivity contribution in [2.24, 2.45) is 0 Å². The van der Waals surface area contributed by atoms with Gasteiger partial charge in [0.15, 0.2) is 0 Å². The Kier molecular flexibility index (Phi) is 3.07. The first-order chi connectivity index (χ1) is 7.31. The first-order valence-corrected chi connectivity index (χ1v) is 5.48. The van der Waals surface area contributed by atoms with Crippen molar-refractivity contribution in [3.05, 3.63) is 36.0 Å². The summed E-state index contributed by atoms with van der Waals surface area (Å²) in [5.41, 5.74) is 2.54. The van der Waals surface area contributed by atoms with Crippen molar-refractivity contribution in [2.45, 2.75) is 26.4 Å². The van der Waals surface area contributed by atoms with Crippen LogP contribution in [-0.2, 0) is 11.2 Å². The molecule has 15 heavy (non-hydrogen) atoms. The Balaban J connectivity index is 2.21. The molecule has 1 atom stereocenters. The van der Waals surface area contributed by atoms with E-state index in [1.165, 1.54) is 16.5 Å². The predicted molar refractivity (Wildman–Crippen MR) is 63.1 cm³/mol. The zero-order chi connectivity index (χ0) is 10.7. The molecule has 0 aliphatic carbocycles. The molecule has 0 aliphatic heterocycles. The molecular weight excluding hydrogens is 186 g/mol. The highest BCUT2D eigenvalue weighted by Gasteiger charge is 2.07. The minimum atomic E-state index is 0.286. The van der Waals surface area contributed by atoms with Crippen molar-refractivity contribution in [1.82, 2.24) is 4.98 Å². The van der Waals surface area contributed by atoms with E-state index in [-0.39, 0.29) is 6.10 Å². The third-order valence-corrected chi connectivity index (χ3v) is 2.63. The van der Waals surface area contributed by atoms with E-state index in [4.69, 9.17) is 4.74 Å². The van der Waals surface area contributed by atoms with E-state index in [1.54, 1.807) is 0 Å². The Bertz CT molecular complexity index is 433. The van der Waals surface area contributed by atoms with Crippen LogP contribution in [0, 0.1) is 0 Å². The standard InChI is InChI=1S/C13H17NO/c1-3-15-10(2)8-11-9-14-13-7-5-4-6-12(11)13/h4-7,9-10,14H,3,8H2,1-2H3. The molecule has 80 valence electrons. The Labute approximate surface area is 90.3 Å². The van der Waals surface area contributed by atoms with E-state index >= 15 is 0 Å². The van der Waals surface area contributed by atoms with Gasteiger partial charge in [0.25, 0.3) is 0 Å². The smallest absolute Gasteiger partial charge is 0.0587 e. The Morgan fingerprint density at radius 2 is 2.13 bits per heavy atom. The molecule has 1 aromatic heterocycles. The number of hydrogen-bond donors (Lipinski definition) is 1. The highest BCUT2D eigenvalue weighted by molar-refractivity contribution is 5.83. The summed E-state index contributed by atoms with van der Waals surface area (Å²) in [5.74, 6) is 0. The van der Waals surface area contributed by atoms with Gasteiger partial charge < -0.3 is 9.72 Å². The van der Waals surface area contributed by atoms with Crippen LogP contribution >= 0.6 is 0 Å². The first-order valence-electron chi connectivity index (χ1n) is 5.48. The lowest BCUT2D eigenvalue weighted by Crippen LogP contribution is -2.10. The quantitative estimate of drug-likeness (QED) is 0.811. The molecule has 0 fully saturated rings. The van der Waals surface area contributed by atoms with Gasteiger partial charge in [0.1, 0.15) is 0 Å². The van der Waals surface area contributed by atoms with Crippen molar-refractivity contribution < 1.29 is 4.74 Å². The number of benzene rings is 1. The van der Waals surface area contributed by atoms with Crippen LogP contribution < -0.4 is 0 Å². The fourth-order valence-electron chi connectivity index (χ4n) is 1.95. The molecule has 0 amide bonds. The molecule has 2 aromatic rings. The molecule has 2 rings (SSSR count). The Hall–Kier alpha value is -1.28. The van der Waals surface area contributed by atoms with Gasteiger partial charge in [0.05, 0.1) is 6.10 Å². The van der Waals surface area contributed by atoms with Crippen LogP contribution in [0.15, 0.2) is 30.5 Å². The summed E-state index contributed by atoms with van der Waals surface area (Å²) in [7, 11) is 0. The molecule has 0 bridgehead atoms. The highest BCUT2D eigenvalue weighted by Crippen LogP contribution is 2.19. The van der Waals surface area contributed by atoms with Gasteiger partial charge >= 0.3 is 0 Å². The molecule has 0 spiro atoms. The Morgan fingerprint density at radius 1 is 1.33 bits per heavy atom. The van der Waals surface area contributed by atoms with Gasteiger partial charge in [0, 0.05) is 30.1 Å². The third-order valence-electron chi connectivity index (χ3n) is 2.63. The molecule has 0 saturated carbocycles. The summed E-state index contributed by atoms with van der Waals surface area (Å²) in [6.45, 7) is 4.93. The summed E-state index contributed by atoms with van der Waals surface area (Å²) < 4.78 is 5.55. The number of fused-ring (bicyclic) bond motifs is 1. The fourth-order valence-corrected chi connectivity index (χ4v) is 1.95. The first kappa shape index (κ1) is 10.2. The molecule has 1 N–H and O–H groups in total. The van der Waals surface area contributed by atoms with Gasteiger partial charge in [-0.15, -0.1) is 0 Å². The largest absolute Gasteiger partial charge is 0.378 e. The van der Waals surface area contributed by atoms with E-state index in [1.807, 2.05) is 6.92 Å². The van der Waals surface area contributed by atoms with Crippen molar-refractivity contribution in [3.8, 4) is 0 Å². The number of aromatic amines is 1. The molecule has 1 unspecified atom stereocenters. The van der Waals surface area contributed by atoms with Crippen molar-refractivity contribution in [3.63, 3.8) is 0 Å². The second-order valence-corrected chi connectivity index (χ2v) is 3.83. The summed E-state index contributed by atoms with van der Waals surface area (Å²) >= 11 is 0. The number of hydrogen-bond acceptors (Lipinski definition) is 1. The van der Waals surface area contributed by atoms with Crippen LogP contribution in [0.1, 0.15) is 19.4 Å². The number of aromatic nitrogens is 1. The lowest BCUT2D eigenvalue weighted by molar-refractivity contribution is 0.0770. The van der Waals surface area contributed by atoms with E-state index in [2.05, 4.69) is 42.4 Å². The molecular formula is C13H17NO. The molecule has 0 radical (unpaired) electrons. The number of ether oxygens (including phenoxy) is 1.